The Morgan fingerprint density at radius 2 is 1.77 bits per heavy atom. The molecule has 1 aliphatic carbocycles. The number of hydrogen-bond donors (Lipinski definition) is 2. The van der Waals surface area contributed by atoms with Crippen molar-refractivity contribution in [2.45, 2.75) is 50.1 Å². The second-order valence-corrected chi connectivity index (χ2v) is 11.7. The average Bonchev–Trinajstić information content (AvgIpc) is 3.34. The topological polar surface area (TPSA) is 72.5 Å². The maximum Gasteiger partial charge on any atom is 0.225 e. The Balaban J connectivity index is 1.20. The molecule has 39 heavy (non-hydrogen) atoms. The van der Waals surface area contributed by atoms with Gasteiger partial charge in [-0.15, -0.1) is 0 Å². The molecule has 1 saturated heterocycles. The van der Waals surface area contributed by atoms with E-state index in [0.29, 0.717) is 5.91 Å². The van der Waals surface area contributed by atoms with Crippen molar-refractivity contribution >= 4 is 16.8 Å². The van der Waals surface area contributed by atoms with Gasteiger partial charge in [0.1, 0.15) is 0 Å². The molecule has 4 aromatic rings. The van der Waals surface area contributed by atoms with Crippen LogP contribution in [-0.2, 0) is 16.8 Å². The van der Waals surface area contributed by atoms with Crippen LogP contribution in [0.4, 0.5) is 0 Å². The van der Waals surface area contributed by atoms with E-state index in [2.05, 4.69) is 68.3 Å². The molecule has 3 aliphatic rings. The predicted molar refractivity (Wildman–Crippen MR) is 153 cm³/mol. The fraction of sp³-hybridized carbons (Fsp3) is 0.394. The summed E-state index contributed by atoms with van der Waals surface area (Å²) in [7, 11) is 0. The summed E-state index contributed by atoms with van der Waals surface area (Å²) >= 11 is 0. The average molecular weight is 521 g/mol. The molecule has 4 heterocycles. The highest BCUT2D eigenvalue weighted by Crippen LogP contribution is 2.49. The first-order valence-electron chi connectivity index (χ1n) is 14.4. The van der Waals surface area contributed by atoms with Crippen LogP contribution in [0.3, 0.4) is 0 Å². The number of carbonyl (C=O) groups is 1. The van der Waals surface area contributed by atoms with Gasteiger partial charge in [-0.05, 0) is 55.0 Å². The fourth-order valence-corrected chi connectivity index (χ4v) is 7.14. The lowest BCUT2D eigenvalue weighted by atomic mass is 9.68. The molecular weight excluding hydrogens is 484 g/mol. The lowest BCUT2D eigenvalue weighted by Crippen LogP contribution is -2.55. The van der Waals surface area contributed by atoms with Crippen molar-refractivity contribution in [3.8, 4) is 11.3 Å². The van der Waals surface area contributed by atoms with Crippen molar-refractivity contribution in [1.82, 2.24) is 19.8 Å². The van der Waals surface area contributed by atoms with Crippen molar-refractivity contribution in [2.24, 2.45) is 5.92 Å². The zero-order valence-corrected chi connectivity index (χ0v) is 22.4. The molecule has 200 valence electrons. The number of benzene rings is 2. The molecule has 1 amide bonds. The quantitative estimate of drug-likeness (QED) is 0.368. The third-order valence-electron chi connectivity index (χ3n) is 9.50. The highest BCUT2D eigenvalue weighted by Gasteiger charge is 2.48. The number of amides is 1. The molecule has 1 saturated carbocycles. The molecule has 1 atom stereocenters. The highest BCUT2D eigenvalue weighted by molar-refractivity contribution is 5.87. The van der Waals surface area contributed by atoms with E-state index in [1.54, 1.807) is 0 Å². The van der Waals surface area contributed by atoms with Gasteiger partial charge in [-0.1, -0.05) is 55.0 Å². The number of piperidine rings is 1. The minimum Gasteiger partial charge on any atom is -0.394 e. The molecule has 2 fully saturated rings. The van der Waals surface area contributed by atoms with Gasteiger partial charge in [0.25, 0.3) is 0 Å². The molecular formula is C33H36N4O2. The number of para-hydroxylation sites is 1. The third kappa shape index (κ3) is 4.26. The number of aliphatic hydroxyl groups is 1. The lowest BCUT2D eigenvalue weighted by molar-refractivity contribution is -0.140. The lowest BCUT2D eigenvalue weighted by Gasteiger charge is -2.50. The molecule has 2 N–H and O–H groups in total. The molecule has 0 radical (unpaired) electrons. The van der Waals surface area contributed by atoms with Gasteiger partial charge in [0.15, 0.2) is 0 Å². The van der Waals surface area contributed by atoms with Crippen molar-refractivity contribution in [1.29, 1.82) is 0 Å². The largest absolute Gasteiger partial charge is 0.394 e. The zero-order chi connectivity index (χ0) is 26.4. The summed E-state index contributed by atoms with van der Waals surface area (Å²) in [6.07, 6.45) is 7.02. The number of fused-ring (bicyclic) bond motifs is 4. The van der Waals surface area contributed by atoms with E-state index in [1.165, 1.54) is 22.9 Å². The van der Waals surface area contributed by atoms with Crippen molar-refractivity contribution in [3.63, 3.8) is 0 Å². The van der Waals surface area contributed by atoms with E-state index in [-0.39, 0.29) is 24.0 Å². The molecule has 7 rings (SSSR count). The number of aliphatic hydroxyl groups excluding tert-OH is 1. The van der Waals surface area contributed by atoms with Gasteiger partial charge in [0.05, 0.1) is 18.3 Å². The first kappa shape index (κ1) is 24.6. The molecule has 1 unspecified atom stereocenters. The van der Waals surface area contributed by atoms with E-state index in [1.807, 2.05) is 24.4 Å². The van der Waals surface area contributed by atoms with Crippen LogP contribution in [-0.4, -0.2) is 57.0 Å². The van der Waals surface area contributed by atoms with Crippen LogP contribution in [0.1, 0.15) is 55.0 Å². The summed E-state index contributed by atoms with van der Waals surface area (Å²) in [5, 5.41) is 11.9. The Bertz CT molecular complexity index is 1470. The first-order valence-corrected chi connectivity index (χ1v) is 14.4. The van der Waals surface area contributed by atoms with Crippen molar-refractivity contribution < 1.29 is 9.90 Å². The maximum atomic E-state index is 13.1. The van der Waals surface area contributed by atoms with Gasteiger partial charge >= 0.3 is 0 Å². The minimum atomic E-state index is -0.0943. The SMILES string of the molecule is O=C(C1CCC1)N1CCC2(CC1)CN(Cc1ccc(-c3ccccn3)cc1)C(CO)c1[nH]c3ccccc3c12. The van der Waals surface area contributed by atoms with E-state index < -0.39 is 0 Å². The second kappa shape index (κ2) is 9.92. The Morgan fingerprint density at radius 1 is 1.00 bits per heavy atom. The van der Waals surface area contributed by atoms with Crippen molar-refractivity contribution in [3.05, 3.63) is 89.7 Å². The number of carbonyl (C=O) groups excluding carboxylic acids is 1. The fourth-order valence-electron chi connectivity index (χ4n) is 7.14. The number of H-pyrrole nitrogens is 1. The van der Waals surface area contributed by atoms with Crippen LogP contribution in [0.25, 0.3) is 22.2 Å². The number of pyridine rings is 1. The normalized spacial score (nSPS) is 21.2. The highest BCUT2D eigenvalue weighted by atomic mass is 16.3. The van der Waals surface area contributed by atoms with Crippen LogP contribution in [0, 0.1) is 5.92 Å². The summed E-state index contributed by atoms with van der Waals surface area (Å²) in [6, 6.07) is 23.1. The molecule has 0 bridgehead atoms. The number of rotatable bonds is 5. The Hall–Kier alpha value is -3.48. The standard InChI is InChI=1S/C33H36N4O2/c38-21-29-31-30(26-8-1-2-10-28(26)35-31)33(15-18-36(19-16-33)32(39)25-6-5-7-25)22-37(29)20-23-11-13-24(14-12-23)27-9-3-4-17-34-27/h1-4,8-14,17,25,29,35,38H,5-7,15-16,18-22H2. The first-order chi connectivity index (χ1) is 19.1. The summed E-state index contributed by atoms with van der Waals surface area (Å²) in [5.41, 5.74) is 6.90. The monoisotopic (exact) mass is 520 g/mol. The summed E-state index contributed by atoms with van der Waals surface area (Å²) in [6.45, 7) is 3.32. The van der Waals surface area contributed by atoms with Gasteiger partial charge < -0.3 is 15.0 Å². The maximum absolute atomic E-state index is 13.1. The number of aromatic amines is 1. The summed E-state index contributed by atoms with van der Waals surface area (Å²) < 4.78 is 0. The molecule has 6 nitrogen and oxygen atoms in total. The van der Waals surface area contributed by atoms with Crippen LogP contribution >= 0.6 is 0 Å². The van der Waals surface area contributed by atoms with Crippen LogP contribution in [0.2, 0.25) is 0 Å². The van der Waals surface area contributed by atoms with Gasteiger partial charge in [-0.25, -0.2) is 0 Å². The molecule has 2 aromatic carbocycles. The van der Waals surface area contributed by atoms with Gasteiger partial charge in [-0.2, -0.15) is 0 Å². The molecule has 1 spiro atoms. The van der Waals surface area contributed by atoms with E-state index in [0.717, 1.165) is 74.3 Å². The Labute approximate surface area is 229 Å². The number of nitrogens with zero attached hydrogens (tertiary/aromatic N) is 3. The van der Waals surface area contributed by atoms with E-state index in [4.69, 9.17) is 0 Å². The summed E-state index contributed by atoms with van der Waals surface area (Å²) in [4.78, 5) is 25.8. The Kier molecular flexibility index (Phi) is 6.25. The van der Waals surface area contributed by atoms with Crippen LogP contribution < -0.4 is 0 Å². The second-order valence-electron chi connectivity index (χ2n) is 11.7. The van der Waals surface area contributed by atoms with E-state index in [9.17, 15) is 9.90 Å². The molecule has 2 aromatic heterocycles. The van der Waals surface area contributed by atoms with Gasteiger partial charge in [0, 0.05) is 65.9 Å². The number of likely N-dealkylation sites (tertiary alicyclic amines) is 1. The number of hydrogen-bond acceptors (Lipinski definition) is 4. The molecule has 6 heteroatoms. The minimum absolute atomic E-state index is 0.0507. The third-order valence-corrected chi connectivity index (χ3v) is 9.50. The van der Waals surface area contributed by atoms with Gasteiger partial charge in [-0.3, -0.25) is 14.7 Å². The summed E-state index contributed by atoms with van der Waals surface area (Å²) in [5.74, 6) is 0.613. The van der Waals surface area contributed by atoms with Gasteiger partial charge in [0.2, 0.25) is 5.91 Å². The van der Waals surface area contributed by atoms with Crippen molar-refractivity contribution in [2.75, 3.05) is 26.2 Å². The number of nitrogens with one attached hydrogen (secondary N) is 1. The van der Waals surface area contributed by atoms with E-state index >= 15 is 0 Å². The Morgan fingerprint density at radius 3 is 2.46 bits per heavy atom. The zero-order valence-electron chi connectivity index (χ0n) is 22.4. The van der Waals surface area contributed by atoms with Crippen LogP contribution in [0.5, 0.6) is 0 Å². The number of aromatic nitrogens is 2. The smallest absolute Gasteiger partial charge is 0.225 e. The molecule has 2 aliphatic heterocycles. The predicted octanol–water partition coefficient (Wildman–Crippen LogP) is 5.44. The van der Waals surface area contributed by atoms with Crippen LogP contribution in [0.15, 0.2) is 72.9 Å².